The normalized spacial score (nSPS) is 12.1. The lowest BCUT2D eigenvalue weighted by molar-refractivity contribution is 0.590. The first-order valence-corrected chi connectivity index (χ1v) is 12.3. The molecule has 28 heavy (non-hydrogen) atoms. The van der Waals surface area contributed by atoms with Crippen molar-refractivity contribution < 1.29 is 0 Å². The first-order chi connectivity index (χ1) is 13.2. The number of hydrogen-bond donors (Lipinski definition) is 0. The van der Waals surface area contributed by atoms with E-state index in [1.165, 1.54) is 11.1 Å². The molecule has 0 heterocycles. The Morgan fingerprint density at radius 2 is 0.893 bits per heavy atom. The van der Waals surface area contributed by atoms with Gasteiger partial charge in [0.25, 0.3) is 0 Å². The van der Waals surface area contributed by atoms with Crippen LogP contribution < -0.4 is 0 Å². The van der Waals surface area contributed by atoms with Crippen LogP contribution in [-0.2, 0) is 10.8 Å². The van der Waals surface area contributed by atoms with Crippen LogP contribution in [0.1, 0.15) is 63.8 Å². The fourth-order valence-corrected chi connectivity index (χ4v) is 4.31. The molecule has 2 heteroatoms. The fourth-order valence-electron chi connectivity index (χ4n) is 2.59. The minimum Gasteiger partial charge on any atom is -0.0746 e. The first-order valence-electron chi connectivity index (χ1n) is 9.85. The molecule has 2 atom stereocenters. The van der Waals surface area contributed by atoms with E-state index in [2.05, 4.69) is 113 Å². The molecule has 0 aliphatic carbocycles. The molecule has 0 aromatic heterocycles. The number of benzene rings is 2. The summed E-state index contributed by atoms with van der Waals surface area (Å²) in [5.74, 6) is 6.57. The highest BCUT2D eigenvalue weighted by Gasteiger charge is 2.13. The first kappa shape index (κ1) is 22.7. The van der Waals surface area contributed by atoms with Gasteiger partial charge in [-0.2, -0.15) is 0 Å². The van der Waals surface area contributed by atoms with Crippen molar-refractivity contribution in [1.82, 2.24) is 0 Å². The Bertz CT molecular complexity index is 791. The summed E-state index contributed by atoms with van der Waals surface area (Å²) in [7, 11) is 1.38. The smallest absolute Gasteiger partial charge is 0.0248 e. The molecule has 0 bridgehead atoms. The van der Waals surface area contributed by atoms with E-state index in [-0.39, 0.29) is 10.8 Å². The molecule has 0 nitrogen and oxygen atoms in total. The monoisotopic (exact) mass is 406 g/mol. The van der Waals surface area contributed by atoms with Gasteiger partial charge in [-0.1, -0.05) is 89.0 Å². The van der Waals surface area contributed by atoms with Crippen LogP contribution in [0.15, 0.2) is 48.5 Å². The second-order valence-corrected chi connectivity index (χ2v) is 11.2. The van der Waals surface area contributed by atoms with Crippen molar-refractivity contribution in [3.63, 3.8) is 0 Å². The third-order valence-corrected chi connectivity index (χ3v) is 6.57. The summed E-state index contributed by atoms with van der Waals surface area (Å²) in [6.07, 6.45) is 2.28. The van der Waals surface area contributed by atoms with Crippen molar-refractivity contribution in [2.45, 2.75) is 52.4 Å². The molecule has 0 radical (unpaired) electrons. The molecule has 0 amide bonds. The van der Waals surface area contributed by atoms with Crippen LogP contribution >= 0.6 is 17.2 Å². The van der Waals surface area contributed by atoms with Crippen LogP contribution in [0.4, 0.5) is 0 Å². The standard InChI is InChI=1S/C26H32P2/c1-25(2,3)23-11-7-21(8-12-23)15-17-27-19-20-28-18-16-22-9-13-24(14-10-22)26(4,5)6/h7-14,27-28H,19-20H2,1-6H3. The van der Waals surface area contributed by atoms with Gasteiger partial charge in [-0.25, -0.2) is 0 Å². The zero-order chi connectivity index (χ0) is 20.6. The zero-order valence-electron chi connectivity index (χ0n) is 18.0. The molecular weight excluding hydrogens is 374 g/mol. The summed E-state index contributed by atoms with van der Waals surface area (Å²) in [5, 5.41) is 0. The predicted molar refractivity (Wildman–Crippen MR) is 130 cm³/mol. The van der Waals surface area contributed by atoms with Crippen LogP contribution in [0, 0.1) is 23.2 Å². The lowest BCUT2D eigenvalue weighted by Gasteiger charge is -2.18. The molecule has 0 spiro atoms. The molecule has 2 unspecified atom stereocenters. The van der Waals surface area contributed by atoms with Gasteiger partial charge in [0.1, 0.15) is 0 Å². The third kappa shape index (κ3) is 7.81. The van der Waals surface area contributed by atoms with E-state index in [0.29, 0.717) is 17.2 Å². The lowest BCUT2D eigenvalue weighted by atomic mass is 9.87. The van der Waals surface area contributed by atoms with Gasteiger partial charge in [0, 0.05) is 11.1 Å². The molecule has 0 N–H and O–H groups in total. The Hall–Kier alpha value is -1.58. The summed E-state index contributed by atoms with van der Waals surface area (Å²) < 4.78 is 0. The SMILES string of the molecule is CC(C)(C)c1ccc(C#CPCCPC#Cc2ccc(C(C)(C)C)cc2)cc1. The van der Waals surface area contributed by atoms with Crippen LogP contribution in [0.2, 0.25) is 0 Å². The number of rotatable bonds is 3. The maximum atomic E-state index is 3.32. The van der Waals surface area contributed by atoms with Gasteiger partial charge in [-0.05, 0) is 75.7 Å². The fraction of sp³-hybridized carbons (Fsp3) is 0.385. The van der Waals surface area contributed by atoms with Gasteiger partial charge >= 0.3 is 0 Å². The van der Waals surface area contributed by atoms with Crippen LogP contribution in [0.3, 0.4) is 0 Å². The van der Waals surface area contributed by atoms with Crippen LogP contribution in [-0.4, -0.2) is 12.3 Å². The van der Waals surface area contributed by atoms with Crippen LogP contribution in [0.5, 0.6) is 0 Å². The topological polar surface area (TPSA) is 0 Å². The highest BCUT2D eigenvalue weighted by molar-refractivity contribution is 7.48. The average molecular weight is 406 g/mol. The maximum Gasteiger partial charge on any atom is 0.0248 e. The summed E-state index contributed by atoms with van der Waals surface area (Å²) in [6.45, 7) is 13.4. The maximum absolute atomic E-state index is 3.32. The van der Waals surface area contributed by atoms with Crippen molar-refractivity contribution in [3.8, 4) is 23.2 Å². The van der Waals surface area contributed by atoms with E-state index in [9.17, 15) is 0 Å². The Balaban J connectivity index is 1.72. The Kier molecular flexibility index (Phi) is 8.33. The van der Waals surface area contributed by atoms with Crippen molar-refractivity contribution in [3.05, 3.63) is 70.8 Å². The highest BCUT2D eigenvalue weighted by atomic mass is 31.1. The average Bonchev–Trinajstić information content (AvgIpc) is 2.63. The van der Waals surface area contributed by atoms with Gasteiger partial charge in [0.15, 0.2) is 0 Å². The molecule has 0 aliphatic rings. The Morgan fingerprint density at radius 3 is 1.18 bits per heavy atom. The van der Waals surface area contributed by atoms with Gasteiger partial charge in [-0.15, -0.1) is 0 Å². The van der Waals surface area contributed by atoms with Gasteiger partial charge in [0.2, 0.25) is 0 Å². The van der Waals surface area contributed by atoms with Crippen molar-refractivity contribution in [2.75, 3.05) is 12.3 Å². The second kappa shape index (κ2) is 10.3. The van der Waals surface area contributed by atoms with E-state index < -0.39 is 0 Å². The van der Waals surface area contributed by atoms with Crippen molar-refractivity contribution in [1.29, 1.82) is 0 Å². The predicted octanol–water partition coefficient (Wildman–Crippen LogP) is 6.96. The summed E-state index contributed by atoms with van der Waals surface area (Å²) in [5.41, 5.74) is 12.0. The Morgan fingerprint density at radius 1 is 0.571 bits per heavy atom. The third-order valence-electron chi connectivity index (χ3n) is 4.47. The highest BCUT2D eigenvalue weighted by Crippen LogP contribution is 2.23. The second-order valence-electron chi connectivity index (χ2n) is 9.01. The quantitative estimate of drug-likeness (QED) is 0.294. The van der Waals surface area contributed by atoms with E-state index in [1.54, 1.807) is 0 Å². The molecule has 0 saturated heterocycles. The van der Waals surface area contributed by atoms with Crippen molar-refractivity contribution >= 4 is 17.2 Å². The molecular formula is C26H32P2. The van der Waals surface area contributed by atoms with Gasteiger partial charge < -0.3 is 0 Å². The van der Waals surface area contributed by atoms with Crippen LogP contribution in [0.25, 0.3) is 0 Å². The number of hydrogen-bond acceptors (Lipinski definition) is 0. The molecule has 0 aliphatic heterocycles. The summed E-state index contributed by atoms with van der Waals surface area (Å²) in [6, 6.07) is 17.3. The molecule has 0 fully saturated rings. The molecule has 2 aromatic rings. The van der Waals surface area contributed by atoms with E-state index >= 15 is 0 Å². The summed E-state index contributed by atoms with van der Waals surface area (Å²) >= 11 is 0. The molecule has 2 aromatic carbocycles. The molecule has 2 rings (SSSR count). The van der Waals surface area contributed by atoms with Gasteiger partial charge in [0.05, 0.1) is 0 Å². The van der Waals surface area contributed by atoms with E-state index in [0.717, 1.165) is 23.5 Å². The largest absolute Gasteiger partial charge is 0.0746 e. The minimum atomic E-state index is 0.199. The summed E-state index contributed by atoms with van der Waals surface area (Å²) in [4.78, 5) is 0. The lowest BCUT2D eigenvalue weighted by Crippen LogP contribution is -2.10. The van der Waals surface area contributed by atoms with E-state index in [1.807, 2.05) is 0 Å². The van der Waals surface area contributed by atoms with Crippen molar-refractivity contribution in [2.24, 2.45) is 0 Å². The molecule has 0 saturated carbocycles. The Labute approximate surface area is 175 Å². The van der Waals surface area contributed by atoms with E-state index in [4.69, 9.17) is 0 Å². The minimum absolute atomic E-state index is 0.199. The van der Waals surface area contributed by atoms with Gasteiger partial charge in [-0.3, -0.25) is 0 Å². The zero-order valence-corrected chi connectivity index (χ0v) is 20.0. The molecule has 146 valence electrons.